The Morgan fingerprint density at radius 3 is 2.61 bits per heavy atom. The Morgan fingerprint density at radius 2 is 2.11 bits per heavy atom. The summed E-state index contributed by atoms with van der Waals surface area (Å²) in [5, 5.41) is 8.20. The molecule has 1 heterocycles. The maximum Gasteiger partial charge on any atom is 0.0630 e. The molecule has 1 N–H and O–H groups in total. The van der Waals surface area contributed by atoms with Crippen LogP contribution < -0.4 is 5.32 Å². The molecule has 3 nitrogen and oxygen atoms in total. The number of hydrogen-bond donors (Lipinski definition) is 1. The Kier molecular flexibility index (Phi) is 5.86. The minimum absolute atomic E-state index is 0.311. The second kappa shape index (κ2) is 6.93. The molecule has 104 valence electrons. The normalized spacial score (nSPS) is 15.0. The molecule has 1 aromatic rings. The van der Waals surface area contributed by atoms with Gasteiger partial charge in [0.05, 0.1) is 5.69 Å². The molecule has 0 radical (unpaired) electrons. The largest absolute Gasteiger partial charge is 0.316 e. The molecule has 1 atom stereocenters. The molecule has 3 heteroatoms. The summed E-state index contributed by atoms with van der Waals surface area (Å²) in [4.78, 5) is 0. The minimum Gasteiger partial charge on any atom is -0.316 e. The third-order valence-electron chi connectivity index (χ3n) is 3.63. The summed E-state index contributed by atoms with van der Waals surface area (Å²) < 4.78 is 2.05. The van der Waals surface area contributed by atoms with Crippen LogP contribution in [0.5, 0.6) is 0 Å². The van der Waals surface area contributed by atoms with E-state index in [0.717, 1.165) is 19.5 Å². The molecule has 0 saturated carbocycles. The fourth-order valence-corrected chi connectivity index (χ4v) is 2.08. The monoisotopic (exact) mass is 251 g/mol. The highest BCUT2D eigenvalue weighted by atomic mass is 15.3. The van der Waals surface area contributed by atoms with E-state index in [1.165, 1.54) is 18.5 Å². The van der Waals surface area contributed by atoms with Gasteiger partial charge in [-0.05, 0) is 51.1 Å². The summed E-state index contributed by atoms with van der Waals surface area (Å²) in [6, 6.07) is 2.61. The highest BCUT2D eigenvalue weighted by Gasteiger charge is 2.23. The molecule has 0 aliphatic heterocycles. The quantitative estimate of drug-likeness (QED) is 0.717. The van der Waals surface area contributed by atoms with Gasteiger partial charge in [-0.15, -0.1) is 0 Å². The number of nitrogens with one attached hydrogen (secondary N) is 1. The maximum absolute atomic E-state index is 4.66. The van der Waals surface area contributed by atoms with Crippen molar-refractivity contribution in [3.05, 3.63) is 18.0 Å². The molecule has 0 saturated heterocycles. The summed E-state index contributed by atoms with van der Waals surface area (Å²) in [5.41, 5.74) is 1.53. The van der Waals surface area contributed by atoms with E-state index in [-0.39, 0.29) is 0 Å². The molecule has 0 fully saturated rings. The zero-order valence-electron chi connectivity index (χ0n) is 12.7. The molecular formula is C15H29N3. The highest BCUT2D eigenvalue weighted by molar-refractivity contribution is 5.03. The lowest BCUT2D eigenvalue weighted by Crippen LogP contribution is -2.33. The van der Waals surface area contributed by atoms with E-state index in [4.69, 9.17) is 0 Å². The Hall–Kier alpha value is -0.830. The van der Waals surface area contributed by atoms with Gasteiger partial charge in [0.2, 0.25) is 0 Å². The van der Waals surface area contributed by atoms with Gasteiger partial charge in [-0.2, -0.15) is 5.10 Å². The van der Waals surface area contributed by atoms with Crippen LogP contribution in [-0.4, -0.2) is 22.9 Å². The first-order chi connectivity index (χ1) is 8.50. The standard InChI is InChI=1S/C15H29N3/c1-6-9-16-12-15(5,7-2)11-14-8-10-18(17-14)13(3)4/h8,10,13,16H,6-7,9,11-12H2,1-5H3. The van der Waals surface area contributed by atoms with Gasteiger partial charge in [0, 0.05) is 18.8 Å². The van der Waals surface area contributed by atoms with Gasteiger partial charge in [-0.1, -0.05) is 20.8 Å². The fourth-order valence-electron chi connectivity index (χ4n) is 2.08. The molecule has 0 spiro atoms. The zero-order chi connectivity index (χ0) is 13.6. The molecule has 18 heavy (non-hydrogen) atoms. The van der Waals surface area contributed by atoms with Crippen molar-refractivity contribution in [3.8, 4) is 0 Å². The lowest BCUT2D eigenvalue weighted by molar-refractivity contribution is 0.286. The number of nitrogens with zero attached hydrogens (tertiary/aromatic N) is 2. The van der Waals surface area contributed by atoms with Crippen molar-refractivity contribution in [1.82, 2.24) is 15.1 Å². The van der Waals surface area contributed by atoms with Gasteiger partial charge in [0.15, 0.2) is 0 Å². The fraction of sp³-hybridized carbons (Fsp3) is 0.800. The van der Waals surface area contributed by atoms with Crippen LogP contribution >= 0.6 is 0 Å². The first-order valence-corrected chi connectivity index (χ1v) is 7.25. The minimum atomic E-state index is 0.311. The van der Waals surface area contributed by atoms with Gasteiger partial charge < -0.3 is 5.32 Å². The van der Waals surface area contributed by atoms with Crippen LogP contribution in [0.2, 0.25) is 0 Å². The van der Waals surface area contributed by atoms with E-state index < -0.39 is 0 Å². The van der Waals surface area contributed by atoms with Crippen LogP contribution in [0.25, 0.3) is 0 Å². The van der Waals surface area contributed by atoms with E-state index in [1.807, 2.05) is 4.68 Å². The first kappa shape index (κ1) is 15.2. The Morgan fingerprint density at radius 1 is 1.39 bits per heavy atom. The summed E-state index contributed by atoms with van der Waals surface area (Å²) >= 11 is 0. The van der Waals surface area contributed by atoms with Crippen molar-refractivity contribution in [2.45, 2.75) is 59.9 Å². The van der Waals surface area contributed by atoms with Crippen molar-refractivity contribution in [1.29, 1.82) is 0 Å². The van der Waals surface area contributed by atoms with Gasteiger partial charge in [-0.3, -0.25) is 4.68 Å². The lowest BCUT2D eigenvalue weighted by atomic mass is 9.82. The van der Waals surface area contributed by atoms with Crippen LogP contribution in [0, 0.1) is 5.41 Å². The van der Waals surface area contributed by atoms with E-state index >= 15 is 0 Å². The topological polar surface area (TPSA) is 29.9 Å². The highest BCUT2D eigenvalue weighted by Crippen LogP contribution is 2.25. The van der Waals surface area contributed by atoms with Gasteiger partial charge >= 0.3 is 0 Å². The Bertz CT molecular complexity index is 343. The number of hydrogen-bond acceptors (Lipinski definition) is 2. The van der Waals surface area contributed by atoms with Crippen molar-refractivity contribution < 1.29 is 0 Å². The summed E-state index contributed by atoms with van der Waals surface area (Å²) in [6.07, 6.45) is 5.52. The van der Waals surface area contributed by atoms with Crippen LogP contribution in [0.1, 0.15) is 59.2 Å². The zero-order valence-corrected chi connectivity index (χ0v) is 12.7. The van der Waals surface area contributed by atoms with Gasteiger partial charge in [0.1, 0.15) is 0 Å². The molecule has 0 aliphatic rings. The molecule has 0 aromatic carbocycles. The summed E-state index contributed by atoms with van der Waals surface area (Å²) in [5.74, 6) is 0. The van der Waals surface area contributed by atoms with Gasteiger partial charge in [-0.25, -0.2) is 0 Å². The Labute approximate surface area is 112 Å². The smallest absolute Gasteiger partial charge is 0.0630 e. The predicted octanol–water partition coefficient (Wildman–Crippen LogP) is 3.42. The summed E-state index contributed by atoms with van der Waals surface area (Å²) in [7, 11) is 0. The molecule has 1 unspecified atom stereocenters. The van der Waals surface area contributed by atoms with E-state index in [2.05, 4.69) is 57.3 Å². The van der Waals surface area contributed by atoms with Crippen LogP contribution in [0.3, 0.4) is 0 Å². The molecular weight excluding hydrogens is 222 g/mol. The maximum atomic E-state index is 4.66. The van der Waals surface area contributed by atoms with E-state index in [1.54, 1.807) is 0 Å². The van der Waals surface area contributed by atoms with E-state index in [0.29, 0.717) is 11.5 Å². The van der Waals surface area contributed by atoms with Crippen LogP contribution in [-0.2, 0) is 6.42 Å². The molecule has 0 amide bonds. The Balaban J connectivity index is 2.60. The lowest BCUT2D eigenvalue weighted by Gasteiger charge is -2.28. The number of aromatic nitrogens is 2. The average Bonchev–Trinajstić information content (AvgIpc) is 2.78. The number of rotatable bonds is 8. The second-order valence-electron chi connectivity index (χ2n) is 5.90. The predicted molar refractivity (Wildman–Crippen MR) is 77.9 cm³/mol. The second-order valence-corrected chi connectivity index (χ2v) is 5.90. The van der Waals surface area contributed by atoms with E-state index in [9.17, 15) is 0 Å². The summed E-state index contributed by atoms with van der Waals surface area (Å²) in [6.45, 7) is 13.3. The average molecular weight is 251 g/mol. The van der Waals surface area contributed by atoms with Crippen LogP contribution in [0.4, 0.5) is 0 Å². The molecule has 1 rings (SSSR count). The van der Waals surface area contributed by atoms with Crippen molar-refractivity contribution in [3.63, 3.8) is 0 Å². The first-order valence-electron chi connectivity index (χ1n) is 7.25. The molecule has 0 aliphatic carbocycles. The third kappa shape index (κ3) is 4.45. The molecule has 1 aromatic heterocycles. The van der Waals surface area contributed by atoms with Gasteiger partial charge in [0.25, 0.3) is 0 Å². The van der Waals surface area contributed by atoms with Crippen molar-refractivity contribution in [2.75, 3.05) is 13.1 Å². The molecule has 0 bridgehead atoms. The van der Waals surface area contributed by atoms with Crippen molar-refractivity contribution in [2.24, 2.45) is 5.41 Å². The van der Waals surface area contributed by atoms with Crippen molar-refractivity contribution >= 4 is 0 Å². The van der Waals surface area contributed by atoms with Crippen LogP contribution in [0.15, 0.2) is 12.3 Å². The SMILES string of the molecule is CCCNCC(C)(CC)Cc1ccn(C(C)C)n1. The third-order valence-corrected chi connectivity index (χ3v) is 3.63.